The lowest BCUT2D eigenvalue weighted by atomic mass is 9.68. The number of ketones is 1. The zero-order valence-electron chi connectivity index (χ0n) is 30.6. The van der Waals surface area contributed by atoms with Gasteiger partial charge in [-0.15, -0.1) is 0 Å². The van der Waals surface area contributed by atoms with Gasteiger partial charge >= 0.3 is 0 Å². The van der Waals surface area contributed by atoms with Crippen molar-refractivity contribution in [2.45, 2.75) is 69.5 Å². The van der Waals surface area contributed by atoms with E-state index in [-0.39, 0.29) is 40.3 Å². The third-order valence-electron chi connectivity index (χ3n) is 10.8. The van der Waals surface area contributed by atoms with Crippen molar-refractivity contribution >= 4 is 101 Å². The number of nitrogens with zero attached hydrogens (tertiary/aromatic N) is 1. The molecule has 1 saturated carbocycles. The summed E-state index contributed by atoms with van der Waals surface area (Å²) in [5, 5.41) is 2.81. The molecule has 1 unspecified atom stereocenters. The predicted octanol–water partition coefficient (Wildman–Crippen LogP) is 8.64. The van der Waals surface area contributed by atoms with Crippen LogP contribution >= 0.6 is 55.4 Å². The Hall–Kier alpha value is -1.25. The molecule has 0 saturated heterocycles. The summed E-state index contributed by atoms with van der Waals surface area (Å²) < 4.78 is 57.8. The first kappa shape index (κ1) is 45.5. The molecule has 3 heterocycles. The van der Waals surface area contributed by atoms with Crippen LogP contribution < -0.4 is 19.7 Å². The maximum Gasteiger partial charge on any atom is 0.264 e. The Labute approximate surface area is 356 Å². The first-order valence-electron chi connectivity index (χ1n) is 17.9. The van der Waals surface area contributed by atoms with Crippen molar-refractivity contribution in [3.63, 3.8) is 0 Å². The molecule has 8 nitrogen and oxygen atoms in total. The molecular weight excluding hydrogens is 1000 g/mol. The molecule has 16 heteroatoms. The fourth-order valence-electron chi connectivity index (χ4n) is 7.61. The lowest BCUT2D eigenvalue weighted by Crippen LogP contribution is -2.49. The van der Waals surface area contributed by atoms with Crippen LogP contribution in [0.5, 0.6) is 5.75 Å². The van der Waals surface area contributed by atoms with Gasteiger partial charge in [0.1, 0.15) is 18.6 Å². The second-order valence-electron chi connectivity index (χ2n) is 14.2. The molecule has 2 aliphatic carbocycles. The number of sulfonamides is 1. The summed E-state index contributed by atoms with van der Waals surface area (Å²) in [6.07, 6.45) is 11.1. The van der Waals surface area contributed by atoms with E-state index in [1.165, 1.54) is 32.3 Å². The highest BCUT2D eigenvalue weighted by Gasteiger charge is 2.44. The Balaban J connectivity index is 0.000000429. The number of fused-ring (bicyclic) bond motifs is 4. The zero-order valence-corrected chi connectivity index (χ0v) is 38.1. The van der Waals surface area contributed by atoms with Gasteiger partial charge in [0, 0.05) is 62.8 Å². The number of benzene rings is 2. The summed E-state index contributed by atoms with van der Waals surface area (Å²) in [6.45, 7) is 6.58. The van der Waals surface area contributed by atoms with Gasteiger partial charge in [0.2, 0.25) is 10.0 Å². The van der Waals surface area contributed by atoms with Crippen molar-refractivity contribution < 1.29 is 31.0 Å². The second-order valence-corrected chi connectivity index (χ2v) is 22.1. The molecule has 298 valence electrons. The van der Waals surface area contributed by atoms with Gasteiger partial charge in [0.05, 0.1) is 17.5 Å². The zero-order chi connectivity index (χ0) is 39.6. The van der Waals surface area contributed by atoms with E-state index in [1.54, 1.807) is 43.4 Å². The van der Waals surface area contributed by atoms with Crippen molar-refractivity contribution in [3.8, 4) is 5.75 Å². The molecule has 0 radical (unpaired) electrons. The quantitative estimate of drug-likeness (QED) is 0.154. The minimum absolute atomic E-state index is 0.0220. The molecule has 3 aliphatic heterocycles. The highest BCUT2D eigenvalue weighted by atomic mass is 127. The van der Waals surface area contributed by atoms with Crippen molar-refractivity contribution in [2.24, 2.45) is 17.8 Å². The predicted molar refractivity (Wildman–Crippen MR) is 237 cm³/mol. The number of anilines is 1. The van der Waals surface area contributed by atoms with Crippen molar-refractivity contribution in [2.75, 3.05) is 42.6 Å². The second kappa shape index (κ2) is 21.0. The Bertz CT molecular complexity index is 1850. The standard InChI is InChI=1S/C32H37ClN2O5S.C5H8FN.CH3I.FIS2/c1-20-5-3-7-29(36)26-11-8-24(26)17-35-18-32(14-4-6-22-15-25(33)10-12-27(22)32)19-40-30-13-9-23(16-28(30)35)31(37)34-41(38,39)21(20)2;6-5-2-1-3-7-4-5;1-2;1-4(2)3/h3,7,9-10,12-13,15-16,20-21,24,26H,4-6,8,11,14,17-19H2,1-2H3,(H,34,37);2,7H,1,3-4H2;1H3;/b7-3+;;;/t20-,21+,24-,26+,32-;;;/m0.../s1. The molecule has 54 heavy (non-hydrogen) atoms. The smallest absolute Gasteiger partial charge is 0.264 e. The first-order chi connectivity index (χ1) is 25.7. The fraction of sp³-hybridized carbons (Fsp3) is 0.526. The van der Waals surface area contributed by atoms with Crippen LogP contribution in [-0.4, -0.2) is 63.1 Å². The number of allylic oxidation sites excluding steroid dienone is 2. The molecule has 2 aromatic rings. The molecule has 6 atom stereocenters. The first-order valence-corrected chi connectivity index (χ1v) is 26.6. The lowest BCUT2D eigenvalue weighted by Gasteiger charge is -2.44. The van der Waals surface area contributed by atoms with Gasteiger partial charge in [-0.25, -0.2) is 17.5 Å². The Morgan fingerprint density at radius 3 is 2.50 bits per heavy atom. The van der Waals surface area contributed by atoms with E-state index in [0.29, 0.717) is 38.4 Å². The van der Waals surface area contributed by atoms with E-state index in [0.717, 1.165) is 55.8 Å². The van der Waals surface area contributed by atoms with Gasteiger partial charge in [0.25, 0.3) is 5.91 Å². The van der Waals surface area contributed by atoms with Gasteiger partial charge in [-0.05, 0) is 134 Å². The number of carbonyl (C=O) groups is 2. The third kappa shape index (κ3) is 11.9. The number of ether oxygens (including phenoxy) is 1. The van der Waals surface area contributed by atoms with Crippen LogP contribution in [0.2, 0.25) is 5.02 Å². The molecule has 1 amide bonds. The Kier molecular flexibility index (Phi) is 17.6. The molecule has 2 N–H and O–H groups in total. The monoisotopic (exact) mass is 1050 g/mol. The van der Waals surface area contributed by atoms with Gasteiger partial charge in [0.15, 0.2) is 5.78 Å². The van der Waals surface area contributed by atoms with E-state index in [2.05, 4.69) is 60.9 Å². The lowest BCUT2D eigenvalue weighted by molar-refractivity contribution is -0.122. The van der Waals surface area contributed by atoms with Crippen molar-refractivity contribution in [1.29, 1.82) is 0 Å². The summed E-state index contributed by atoms with van der Waals surface area (Å²) in [7, 11) is -5.24. The van der Waals surface area contributed by atoms with E-state index >= 15 is 0 Å². The van der Waals surface area contributed by atoms with Crippen LogP contribution in [0.3, 0.4) is 0 Å². The molecule has 2 bridgehead atoms. The fourth-order valence-corrected chi connectivity index (χ4v) is 9.09. The average molecular weight is 1050 g/mol. The number of nitrogens with one attached hydrogen (secondary N) is 2. The SMILES string of the molecule is CI.C[C@@H]1[C@@H](C)C/C=C/C(=O)[C@@H]2CC[C@H]2CN2C[C@@]3(CCCc4cc(Cl)ccc43)COc3ccc(cc32)C(=O)NS1(=O)=O.FC1=CCCNC1.FS(=S)I. The summed E-state index contributed by atoms with van der Waals surface area (Å²) >= 11 is 14.0. The molecule has 1 spiro atoms. The molecule has 0 aromatic heterocycles. The average Bonchev–Trinajstić information content (AvgIpc) is 3.27. The maximum absolute atomic E-state index is 13.3. The summed E-state index contributed by atoms with van der Waals surface area (Å²) in [5.41, 5.74) is 3.22. The van der Waals surface area contributed by atoms with Gasteiger partial charge in [-0.2, -0.15) is 3.89 Å². The summed E-state index contributed by atoms with van der Waals surface area (Å²) in [4.78, 5) is 30.8. The molecule has 7 rings (SSSR count). The molecular formula is C38H48ClF2I2N3O5S3. The largest absolute Gasteiger partial charge is 0.490 e. The number of halogens is 5. The van der Waals surface area contributed by atoms with Crippen LogP contribution in [0.25, 0.3) is 0 Å². The van der Waals surface area contributed by atoms with Crippen LogP contribution in [-0.2, 0) is 44.9 Å². The van der Waals surface area contributed by atoms with E-state index < -0.39 is 28.2 Å². The third-order valence-corrected chi connectivity index (χ3v) is 13.0. The Morgan fingerprint density at radius 2 is 1.87 bits per heavy atom. The molecule has 2 aromatic carbocycles. The normalized spacial score (nSPS) is 28.4. The van der Waals surface area contributed by atoms with Gasteiger partial charge in [-0.3, -0.25) is 9.59 Å². The highest BCUT2D eigenvalue weighted by Crippen LogP contribution is 2.46. The maximum atomic E-state index is 13.3. The van der Waals surface area contributed by atoms with Crippen LogP contribution in [0, 0.1) is 17.8 Å². The highest BCUT2D eigenvalue weighted by molar-refractivity contribution is 14.2. The van der Waals surface area contributed by atoms with Crippen LogP contribution in [0.1, 0.15) is 73.9 Å². The van der Waals surface area contributed by atoms with Gasteiger partial charge < -0.3 is 15.0 Å². The number of hydrogen-bond acceptors (Lipinski definition) is 8. The minimum Gasteiger partial charge on any atom is -0.490 e. The van der Waals surface area contributed by atoms with E-state index in [1.807, 2.05) is 17.9 Å². The summed E-state index contributed by atoms with van der Waals surface area (Å²) in [6, 6.07) is 11.3. The number of aryl methyl sites for hydroxylation is 1. The number of alkyl halides is 1. The Morgan fingerprint density at radius 1 is 1.13 bits per heavy atom. The number of carbonyl (C=O) groups excluding carboxylic acids is 2. The van der Waals surface area contributed by atoms with Gasteiger partial charge in [-0.1, -0.05) is 59.3 Å². The van der Waals surface area contributed by atoms with Crippen LogP contribution in [0.4, 0.5) is 14.0 Å². The number of hydrogen-bond donors (Lipinski definition) is 2. The van der Waals surface area contributed by atoms with Crippen LogP contribution in [0.15, 0.2) is 60.5 Å². The molecule has 5 aliphatic rings. The minimum atomic E-state index is -3.93. The topological polar surface area (TPSA) is 105 Å². The number of amides is 1. The summed E-state index contributed by atoms with van der Waals surface area (Å²) in [5.74, 6) is -0.0539. The van der Waals surface area contributed by atoms with E-state index in [9.17, 15) is 26.3 Å². The van der Waals surface area contributed by atoms with Crippen molar-refractivity contribution in [3.05, 3.63) is 82.2 Å². The number of rotatable bonds is 0. The van der Waals surface area contributed by atoms with Crippen molar-refractivity contribution in [1.82, 2.24) is 10.0 Å². The molecule has 1 fully saturated rings. The van der Waals surface area contributed by atoms with E-state index in [4.69, 9.17) is 16.3 Å².